The van der Waals surface area contributed by atoms with E-state index in [-0.39, 0.29) is 0 Å². The Morgan fingerprint density at radius 2 is 2.09 bits per heavy atom. The van der Waals surface area contributed by atoms with Crippen molar-refractivity contribution >= 4 is 31.9 Å². The van der Waals surface area contributed by atoms with E-state index in [2.05, 4.69) is 36.8 Å². The zero-order valence-corrected chi connectivity index (χ0v) is 9.36. The standard InChI is InChI=1S/C7H7Br2NO/c1-4-3-5(11-2)6(8)7(9)10-4/h3H,1-2H3. The van der Waals surface area contributed by atoms with Crippen molar-refractivity contribution in [1.29, 1.82) is 0 Å². The Morgan fingerprint density at radius 3 is 2.64 bits per heavy atom. The highest BCUT2D eigenvalue weighted by Crippen LogP contribution is 2.31. The average Bonchev–Trinajstić information content (AvgIpc) is 1.96. The van der Waals surface area contributed by atoms with Gasteiger partial charge in [0, 0.05) is 11.8 Å². The highest BCUT2D eigenvalue weighted by molar-refractivity contribution is 9.13. The predicted octanol–water partition coefficient (Wildman–Crippen LogP) is 2.92. The van der Waals surface area contributed by atoms with Gasteiger partial charge in [0.1, 0.15) is 10.4 Å². The van der Waals surface area contributed by atoms with Crippen LogP contribution in [0.25, 0.3) is 0 Å². The van der Waals surface area contributed by atoms with E-state index < -0.39 is 0 Å². The third kappa shape index (κ3) is 1.93. The number of hydrogen-bond acceptors (Lipinski definition) is 2. The lowest BCUT2D eigenvalue weighted by Gasteiger charge is -2.04. The van der Waals surface area contributed by atoms with Gasteiger partial charge in [0.05, 0.1) is 11.6 Å². The lowest BCUT2D eigenvalue weighted by molar-refractivity contribution is 0.410. The van der Waals surface area contributed by atoms with Crippen LogP contribution in [0.1, 0.15) is 5.69 Å². The number of nitrogens with zero attached hydrogens (tertiary/aromatic N) is 1. The molecule has 0 aliphatic carbocycles. The summed E-state index contributed by atoms with van der Waals surface area (Å²) in [5, 5.41) is 0. The van der Waals surface area contributed by atoms with Gasteiger partial charge in [0.15, 0.2) is 0 Å². The van der Waals surface area contributed by atoms with E-state index in [0.29, 0.717) is 0 Å². The van der Waals surface area contributed by atoms with Crippen LogP contribution in [0.15, 0.2) is 15.1 Å². The van der Waals surface area contributed by atoms with E-state index in [9.17, 15) is 0 Å². The number of ether oxygens (including phenoxy) is 1. The maximum atomic E-state index is 5.09. The van der Waals surface area contributed by atoms with E-state index in [1.165, 1.54) is 0 Å². The first-order chi connectivity index (χ1) is 5.15. The minimum absolute atomic E-state index is 0.773. The van der Waals surface area contributed by atoms with Crippen molar-refractivity contribution in [2.24, 2.45) is 0 Å². The number of pyridine rings is 1. The first-order valence-corrected chi connectivity index (χ1v) is 4.60. The fraction of sp³-hybridized carbons (Fsp3) is 0.286. The number of aromatic nitrogens is 1. The van der Waals surface area contributed by atoms with Crippen molar-refractivity contribution < 1.29 is 4.74 Å². The van der Waals surface area contributed by atoms with E-state index in [0.717, 1.165) is 20.5 Å². The first kappa shape index (κ1) is 9.00. The van der Waals surface area contributed by atoms with Crippen LogP contribution >= 0.6 is 31.9 Å². The van der Waals surface area contributed by atoms with Crippen LogP contribution in [0.3, 0.4) is 0 Å². The predicted molar refractivity (Wildman–Crippen MR) is 50.9 cm³/mol. The summed E-state index contributed by atoms with van der Waals surface area (Å²) < 4.78 is 6.71. The molecule has 11 heavy (non-hydrogen) atoms. The molecule has 0 aliphatic heterocycles. The molecule has 1 aromatic rings. The fourth-order valence-corrected chi connectivity index (χ4v) is 1.58. The van der Waals surface area contributed by atoms with Crippen LogP contribution in [0.2, 0.25) is 0 Å². The molecule has 0 saturated carbocycles. The molecule has 1 aromatic heterocycles. The van der Waals surface area contributed by atoms with Gasteiger partial charge in [0.25, 0.3) is 0 Å². The molecule has 0 radical (unpaired) electrons. The molecule has 60 valence electrons. The number of methoxy groups -OCH3 is 1. The zero-order valence-electron chi connectivity index (χ0n) is 6.19. The van der Waals surface area contributed by atoms with Crippen LogP contribution in [-0.4, -0.2) is 12.1 Å². The molecular formula is C7H7Br2NO. The molecule has 0 fully saturated rings. The van der Waals surface area contributed by atoms with Crippen molar-refractivity contribution in [3.63, 3.8) is 0 Å². The van der Waals surface area contributed by atoms with Crippen LogP contribution < -0.4 is 4.74 Å². The number of rotatable bonds is 1. The Hall–Kier alpha value is -0.0900. The molecule has 2 nitrogen and oxygen atoms in total. The minimum atomic E-state index is 0.773. The van der Waals surface area contributed by atoms with E-state index in [4.69, 9.17) is 4.74 Å². The molecule has 0 N–H and O–H groups in total. The molecule has 0 unspecified atom stereocenters. The highest BCUT2D eigenvalue weighted by atomic mass is 79.9. The summed E-state index contributed by atoms with van der Waals surface area (Å²) in [5.74, 6) is 0.796. The van der Waals surface area contributed by atoms with Gasteiger partial charge in [-0.15, -0.1) is 0 Å². The van der Waals surface area contributed by atoms with Crippen molar-refractivity contribution in [3.05, 3.63) is 20.8 Å². The second-order valence-electron chi connectivity index (χ2n) is 2.07. The Kier molecular flexibility index (Phi) is 2.90. The quantitative estimate of drug-likeness (QED) is 0.738. The maximum absolute atomic E-state index is 5.09. The van der Waals surface area contributed by atoms with Crippen LogP contribution in [0, 0.1) is 6.92 Å². The lowest BCUT2D eigenvalue weighted by atomic mass is 10.4. The first-order valence-electron chi connectivity index (χ1n) is 3.01. The summed E-state index contributed by atoms with van der Waals surface area (Å²) in [6.07, 6.45) is 0. The molecule has 0 aromatic carbocycles. The summed E-state index contributed by atoms with van der Waals surface area (Å²) in [4.78, 5) is 4.17. The summed E-state index contributed by atoms with van der Waals surface area (Å²) in [7, 11) is 1.63. The summed E-state index contributed by atoms with van der Waals surface area (Å²) in [6.45, 7) is 1.92. The Bertz CT molecular complexity index is 275. The second-order valence-corrected chi connectivity index (χ2v) is 3.61. The van der Waals surface area contributed by atoms with Crippen molar-refractivity contribution in [1.82, 2.24) is 4.98 Å². The van der Waals surface area contributed by atoms with Gasteiger partial charge in [-0.1, -0.05) is 0 Å². The molecule has 0 amide bonds. The lowest BCUT2D eigenvalue weighted by Crippen LogP contribution is -1.89. The van der Waals surface area contributed by atoms with Gasteiger partial charge < -0.3 is 4.74 Å². The van der Waals surface area contributed by atoms with Crippen molar-refractivity contribution in [2.45, 2.75) is 6.92 Å². The fourth-order valence-electron chi connectivity index (χ4n) is 0.739. The Morgan fingerprint density at radius 1 is 1.45 bits per heavy atom. The molecule has 0 atom stereocenters. The van der Waals surface area contributed by atoms with E-state index in [1.807, 2.05) is 13.0 Å². The SMILES string of the molecule is COc1cc(C)nc(Br)c1Br. The molecule has 0 saturated heterocycles. The molecule has 1 heterocycles. The number of halogens is 2. The van der Waals surface area contributed by atoms with Gasteiger partial charge in [-0.2, -0.15) is 0 Å². The Balaban J connectivity index is 3.24. The molecule has 0 aliphatic rings. The van der Waals surface area contributed by atoms with Gasteiger partial charge in [-0.25, -0.2) is 4.98 Å². The highest BCUT2D eigenvalue weighted by Gasteiger charge is 2.05. The largest absolute Gasteiger partial charge is 0.495 e. The van der Waals surface area contributed by atoms with Crippen LogP contribution in [0.5, 0.6) is 5.75 Å². The Labute approximate surface area is 82.2 Å². The van der Waals surface area contributed by atoms with E-state index in [1.54, 1.807) is 7.11 Å². The van der Waals surface area contributed by atoms with Crippen molar-refractivity contribution in [2.75, 3.05) is 7.11 Å². The molecule has 0 bridgehead atoms. The van der Waals surface area contributed by atoms with Gasteiger partial charge in [-0.3, -0.25) is 0 Å². The zero-order chi connectivity index (χ0) is 8.43. The topological polar surface area (TPSA) is 22.1 Å². The monoisotopic (exact) mass is 279 g/mol. The van der Waals surface area contributed by atoms with Gasteiger partial charge in [0.2, 0.25) is 0 Å². The third-order valence-corrected chi connectivity index (χ3v) is 3.10. The van der Waals surface area contributed by atoms with Gasteiger partial charge >= 0.3 is 0 Å². The molecule has 1 rings (SSSR count). The molecular weight excluding hydrogens is 274 g/mol. The summed E-state index contributed by atoms with van der Waals surface area (Å²) >= 11 is 6.64. The van der Waals surface area contributed by atoms with E-state index >= 15 is 0 Å². The van der Waals surface area contributed by atoms with Crippen LogP contribution in [-0.2, 0) is 0 Å². The third-order valence-electron chi connectivity index (χ3n) is 1.23. The number of aryl methyl sites for hydroxylation is 1. The summed E-state index contributed by atoms with van der Waals surface area (Å²) in [6, 6.07) is 1.87. The molecule has 0 spiro atoms. The normalized spacial score (nSPS) is 9.82. The smallest absolute Gasteiger partial charge is 0.137 e. The second kappa shape index (κ2) is 3.54. The molecule has 4 heteroatoms. The summed E-state index contributed by atoms with van der Waals surface area (Å²) in [5.41, 5.74) is 0.928. The maximum Gasteiger partial charge on any atom is 0.137 e. The van der Waals surface area contributed by atoms with Crippen LogP contribution in [0.4, 0.5) is 0 Å². The minimum Gasteiger partial charge on any atom is -0.495 e. The average molecular weight is 281 g/mol. The van der Waals surface area contributed by atoms with Gasteiger partial charge in [-0.05, 0) is 38.8 Å². The van der Waals surface area contributed by atoms with Crippen molar-refractivity contribution in [3.8, 4) is 5.75 Å². The number of hydrogen-bond donors (Lipinski definition) is 0.